The van der Waals surface area contributed by atoms with Gasteiger partial charge in [0.05, 0.1) is 22.0 Å². The summed E-state index contributed by atoms with van der Waals surface area (Å²) in [7, 11) is -4.17. The van der Waals surface area contributed by atoms with Crippen molar-refractivity contribution in [2.45, 2.75) is 11.3 Å². The zero-order valence-electron chi connectivity index (χ0n) is 12.5. The molecule has 130 valence electrons. The van der Waals surface area contributed by atoms with Crippen molar-refractivity contribution in [3.8, 4) is 0 Å². The quantitative estimate of drug-likeness (QED) is 0.722. The molecule has 0 unspecified atom stereocenters. The predicted molar refractivity (Wildman–Crippen MR) is 85.5 cm³/mol. The Labute approximate surface area is 141 Å². The van der Waals surface area contributed by atoms with Gasteiger partial charge in [-0.3, -0.25) is 14.3 Å². The van der Waals surface area contributed by atoms with E-state index in [1.165, 1.54) is 12.1 Å². The van der Waals surface area contributed by atoms with Gasteiger partial charge in [-0.25, -0.2) is 17.2 Å². The number of hydrogen-bond donors (Lipinski definition) is 3. The lowest BCUT2D eigenvalue weighted by atomic mass is 10.2. The summed E-state index contributed by atoms with van der Waals surface area (Å²) in [6.45, 7) is 0. The lowest BCUT2D eigenvalue weighted by Gasteiger charge is -2.12. The largest absolute Gasteiger partial charge is 0.324 e. The van der Waals surface area contributed by atoms with Crippen LogP contribution in [-0.4, -0.2) is 20.2 Å². The van der Waals surface area contributed by atoms with Crippen molar-refractivity contribution in [1.82, 2.24) is 0 Å². The van der Waals surface area contributed by atoms with E-state index in [2.05, 4.69) is 15.4 Å². The summed E-state index contributed by atoms with van der Waals surface area (Å²) >= 11 is 0. The van der Waals surface area contributed by atoms with Crippen LogP contribution in [0, 0.1) is 11.6 Å². The highest BCUT2D eigenvalue weighted by molar-refractivity contribution is 7.92. The van der Waals surface area contributed by atoms with Gasteiger partial charge in [0.25, 0.3) is 10.0 Å². The first-order valence-corrected chi connectivity index (χ1v) is 8.44. The zero-order valence-corrected chi connectivity index (χ0v) is 13.3. The highest BCUT2D eigenvalue weighted by Crippen LogP contribution is 2.28. The number of nitrogens with one attached hydrogen (secondary N) is 3. The summed E-state index contributed by atoms with van der Waals surface area (Å²) in [4.78, 5) is 22.8. The van der Waals surface area contributed by atoms with E-state index in [9.17, 15) is 26.8 Å². The molecule has 0 bridgehead atoms. The maximum atomic E-state index is 13.2. The molecule has 10 heteroatoms. The van der Waals surface area contributed by atoms with Crippen LogP contribution in [0.3, 0.4) is 0 Å². The van der Waals surface area contributed by atoms with E-state index < -0.39 is 39.9 Å². The molecule has 25 heavy (non-hydrogen) atoms. The molecular weight excluding hydrogens is 356 g/mol. The van der Waals surface area contributed by atoms with Crippen LogP contribution >= 0.6 is 0 Å². The Morgan fingerprint density at radius 1 is 0.880 bits per heavy atom. The van der Waals surface area contributed by atoms with Crippen molar-refractivity contribution >= 4 is 38.9 Å². The van der Waals surface area contributed by atoms with E-state index in [0.29, 0.717) is 6.07 Å². The lowest BCUT2D eigenvalue weighted by molar-refractivity contribution is -0.123. The first kappa shape index (κ1) is 16.8. The Morgan fingerprint density at radius 2 is 1.48 bits per heavy atom. The van der Waals surface area contributed by atoms with Crippen LogP contribution in [0.25, 0.3) is 0 Å². The Balaban J connectivity index is 1.95. The molecule has 7 nitrogen and oxygen atoms in total. The molecule has 1 aliphatic heterocycles. The molecule has 2 aromatic carbocycles. The molecule has 3 N–H and O–H groups in total. The smallest absolute Gasteiger partial charge is 0.261 e. The second-order valence-corrected chi connectivity index (χ2v) is 6.93. The number of halogens is 2. The van der Waals surface area contributed by atoms with Crippen molar-refractivity contribution in [2.75, 3.05) is 15.4 Å². The normalized spacial score (nSPS) is 14.2. The number of amides is 2. The van der Waals surface area contributed by atoms with Crippen LogP contribution in [0.5, 0.6) is 0 Å². The predicted octanol–water partition coefficient (Wildman–Crippen LogP) is 2.05. The molecule has 0 spiro atoms. The van der Waals surface area contributed by atoms with Crippen molar-refractivity contribution in [1.29, 1.82) is 0 Å². The number of benzene rings is 2. The minimum atomic E-state index is -4.17. The molecule has 0 atom stereocenters. The average Bonchev–Trinajstić information content (AvgIpc) is 2.60. The molecule has 0 radical (unpaired) electrons. The van der Waals surface area contributed by atoms with Gasteiger partial charge in [0.15, 0.2) is 0 Å². The second-order valence-electron chi connectivity index (χ2n) is 5.24. The summed E-state index contributed by atoms with van der Waals surface area (Å²) in [5, 5.41) is 4.87. The van der Waals surface area contributed by atoms with Crippen molar-refractivity contribution in [2.24, 2.45) is 0 Å². The zero-order chi connectivity index (χ0) is 18.2. The molecule has 2 amide bonds. The summed E-state index contributed by atoms with van der Waals surface area (Å²) in [5.41, 5.74) is 0.0560. The lowest BCUT2D eigenvalue weighted by Crippen LogP contribution is -2.16. The van der Waals surface area contributed by atoms with E-state index in [1.54, 1.807) is 0 Å². The molecule has 2 aromatic rings. The minimum absolute atomic E-state index is 0.101. The van der Waals surface area contributed by atoms with Crippen molar-refractivity contribution in [3.05, 3.63) is 48.0 Å². The van der Waals surface area contributed by atoms with Gasteiger partial charge >= 0.3 is 0 Å². The third kappa shape index (κ3) is 3.74. The fourth-order valence-corrected chi connectivity index (χ4v) is 3.33. The Bertz CT molecular complexity index is 972. The topological polar surface area (TPSA) is 104 Å². The van der Waals surface area contributed by atoms with Crippen LogP contribution in [-0.2, 0) is 19.6 Å². The van der Waals surface area contributed by atoms with Gasteiger partial charge in [0.1, 0.15) is 18.1 Å². The molecular formula is C15H11F2N3O4S. The van der Waals surface area contributed by atoms with Gasteiger partial charge in [0, 0.05) is 6.07 Å². The number of fused-ring (bicyclic) bond motifs is 1. The fraction of sp³-hybridized carbons (Fsp3) is 0.0667. The number of anilines is 3. The van der Waals surface area contributed by atoms with Gasteiger partial charge < -0.3 is 10.6 Å². The molecule has 0 fully saturated rings. The maximum absolute atomic E-state index is 13.2. The van der Waals surface area contributed by atoms with E-state index in [-0.39, 0.29) is 22.0 Å². The van der Waals surface area contributed by atoms with E-state index >= 15 is 0 Å². The number of sulfonamides is 1. The Hall–Kier alpha value is -3.01. The molecule has 0 aromatic heterocycles. The second kappa shape index (κ2) is 6.13. The number of carbonyl (C=O) groups excluding carboxylic acids is 2. The Kier molecular flexibility index (Phi) is 4.13. The monoisotopic (exact) mass is 367 g/mol. The standard InChI is InChI=1S/C15H11F2N3O4S/c16-8-3-9(17)5-10(4-8)20-25(23,24)11-1-2-12-13(6-11)19-15(22)7-14(21)18-12/h1-6,20H,7H2,(H,18,21)(H,19,22). The summed E-state index contributed by atoms with van der Waals surface area (Å²) in [5.74, 6) is -2.99. The van der Waals surface area contributed by atoms with Crippen LogP contribution < -0.4 is 15.4 Å². The average molecular weight is 367 g/mol. The highest BCUT2D eigenvalue weighted by Gasteiger charge is 2.22. The number of carbonyl (C=O) groups is 2. The first-order valence-electron chi connectivity index (χ1n) is 6.95. The first-order chi connectivity index (χ1) is 11.7. The summed E-state index contributed by atoms with van der Waals surface area (Å²) < 4.78 is 53.2. The van der Waals surface area contributed by atoms with Gasteiger partial charge in [-0.1, -0.05) is 0 Å². The van der Waals surface area contributed by atoms with Gasteiger partial charge in [-0.2, -0.15) is 0 Å². The molecule has 3 rings (SSSR count). The van der Waals surface area contributed by atoms with Gasteiger partial charge in [-0.15, -0.1) is 0 Å². The fourth-order valence-electron chi connectivity index (χ4n) is 2.26. The minimum Gasteiger partial charge on any atom is -0.324 e. The third-order valence-electron chi connectivity index (χ3n) is 3.29. The van der Waals surface area contributed by atoms with Crippen LogP contribution in [0.1, 0.15) is 6.42 Å². The van der Waals surface area contributed by atoms with E-state index in [1.807, 2.05) is 0 Å². The van der Waals surface area contributed by atoms with Gasteiger partial charge in [-0.05, 0) is 30.3 Å². The van der Waals surface area contributed by atoms with Crippen LogP contribution in [0.2, 0.25) is 0 Å². The van der Waals surface area contributed by atoms with E-state index in [0.717, 1.165) is 18.2 Å². The van der Waals surface area contributed by atoms with Crippen molar-refractivity contribution in [3.63, 3.8) is 0 Å². The molecule has 0 saturated carbocycles. The van der Waals surface area contributed by atoms with E-state index in [4.69, 9.17) is 0 Å². The van der Waals surface area contributed by atoms with Crippen LogP contribution in [0.15, 0.2) is 41.3 Å². The molecule has 0 aliphatic carbocycles. The summed E-state index contributed by atoms with van der Waals surface area (Å²) in [6.07, 6.45) is -0.391. The Morgan fingerprint density at radius 3 is 2.12 bits per heavy atom. The number of hydrogen-bond acceptors (Lipinski definition) is 4. The van der Waals surface area contributed by atoms with Crippen molar-refractivity contribution < 1.29 is 26.8 Å². The molecule has 1 aliphatic rings. The third-order valence-corrected chi connectivity index (χ3v) is 4.66. The van der Waals surface area contributed by atoms with Gasteiger partial charge in [0.2, 0.25) is 11.8 Å². The summed E-state index contributed by atoms with van der Waals surface area (Å²) in [6, 6.07) is 5.89. The maximum Gasteiger partial charge on any atom is 0.261 e. The SMILES string of the molecule is O=C1CC(=O)Nc2cc(S(=O)(=O)Nc3cc(F)cc(F)c3)ccc2N1. The molecule has 0 saturated heterocycles. The van der Waals surface area contributed by atoms with Crippen LogP contribution in [0.4, 0.5) is 25.8 Å². The highest BCUT2D eigenvalue weighted by atomic mass is 32.2. The number of rotatable bonds is 3. The molecule has 1 heterocycles.